The first-order valence-electron chi connectivity index (χ1n) is 9.19. The molecule has 9 heteroatoms. The van der Waals surface area contributed by atoms with Crippen LogP contribution in [0, 0.1) is 0 Å². The molecule has 1 aliphatic rings. The van der Waals surface area contributed by atoms with E-state index in [0.717, 1.165) is 22.9 Å². The number of nitrogens with zero attached hydrogens (tertiary/aromatic N) is 3. The lowest BCUT2D eigenvalue weighted by Crippen LogP contribution is -2.49. The normalized spacial score (nSPS) is 14.8. The van der Waals surface area contributed by atoms with Gasteiger partial charge in [0.25, 0.3) is 0 Å². The molecule has 0 aliphatic carbocycles. The Kier molecular flexibility index (Phi) is 6.89. The van der Waals surface area contributed by atoms with Crippen LogP contribution in [0.4, 0.5) is 19.0 Å². The second kappa shape index (κ2) is 9.39. The molecular formula is C20H22F3N3O2S. The highest BCUT2D eigenvalue weighted by Crippen LogP contribution is 2.29. The van der Waals surface area contributed by atoms with Crippen LogP contribution in [0.2, 0.25) is 0 Å². The Morgan fingerprint density at radius 1 is 1.10 bits per heavy atom. The zero-order valence-corrected chi connectivity index (χ0v) is 16.8. The molecule has 0 unspecified atom stereocenters. The summed E-state index contributed by atoms with van der Waals surface area (Å²) in [6, 6.07) is 10.1. The second-order valence-corrected chi connectivity index (χ2v) is 7.71. The van der Waals surface area contributed by atoms with Crippen molar-refractivity contribution in [1.29, 1.82) is 0 Å². The van der Waals surface area contributed by atoms with E-state index in [0.29, 0.717) is 44.2 Å². The number of hydrogen-bond donors (Lipinski definition) is 0. The van der Waals surface area contributed by atoms with E-state index < -0.39 is 11.7 Å². The molecule has 0 bridgehead atoms. The number of amides is 1. The molecule has 1 aromatic carbocycles. The smallest absolute Gasteiger partial charge is 0.417 e. The van der Waals surface area contributed by atoms with E-state index in [1.807, 2.05) is 29.2 Å². The Morgan fingerprint density at radius 3 is 2.34 bits per heavy atom. The SMILES string of the molecule is COc1ccc(SCCC(=O)N2CCN(c3ccc(C(F)(F)F)cn3)CC2)cc1. The van der Waals surface area contributed by atoms with E-state index >= 15 is 0 Å². The number of carbonyl (C=O) groups excluding carboxylic acids is 1. The summed E-state index contributed by atoms with van der Waals surface area (Å²) >= 11 is 1.62. The summed E-state index contributed by atoms with van der Waals surface area (Å²) in [5.74, 6) is 2.07. The molecule has 0 spiro atoms. The second-order valence-electron chi connectivity index (χ2n) is 6.54. The number of carbonyl (C=O) groups is 1. The zero-order chi connectivity index (χ0) is 20.9. The van der Waals surface area contributed by atoms with Gasteiger partial charge in [-0.15, -0.1) is 11.8 Å². The third-order valence-electron chi connectivity index (χ3n) is 4.68. The topological polar surface area (TPSA) is 45.7 Å². The van der Waals surface area contributed by atoms with Crippen molar-refractivity contribution in [3.8, 4) is 5.75 Å². The Morgan fingerprint density at radius 2 is 1.79 bits per heavy atom. The fourth-order valence-corrected chi connectivity index (χ4v) is 3.85. The fraction of sp³-hybridized carbons (Fsp3) is 0.400. The van der Waals surface area contributed by atoms with Gasteiger partial charge in [-0.2, -0.15) is 13.2 Å². The molecule has 2 heterocycles. The van der Waals surface area contributed by atoms with Crippen molar-refractivity contribution in [3.05, 3.63) is 48.2 Å². The van der Waals surface area contributed by atoms with Gasteiger partial charge in [-0.3, -0.25) is 4.79 Å². The number of ether oxygens (including phenoxy) is 1. The molecule has 29 heavy (non-hydrogen) atoms. The molecule has 156 valence electrons. The van der Waals surface area contributed by atoms with Crippen molar-refractivity contribution in [1.82, 2.24) is 9.88 Å². The van der Waals surface area contributed by atoms with Crippen LogP contribution >= 0.6 is 11.8 Å². The molecule has 2 aromatic rings. The number of thioether (sulfide) groups is 1. The maximum absolute atomic E-state index is 12.6. The standard InChI is InChI=1S/C20H22F3N3O2S/c1-28-16-3-5-17(6-4-16)29-13-8-19(27)26-11-9-25(10-12-26)18-7-2-15(14-24-18)20(21,22)23/h2-7,14H,8-13H2,1H3. The molecule has 1 amide bonds. The van der Waals surface area contributed by atoms with E-state index in [-0.39, 0.29) is 5.91 Å². The minimum atomic E-state index is -4.39. The number of methoxy groups -OCH3 is 1. The quantitative estimate of drug-likeness (QED) is 0.656. The number of piperazine rings is 1. The summed E-state index contributed by atoms with van der Waals surface area (Å²) in [7, 11) is 1.62. The van der Waals surface area contributed by atoms with Gasteiger partial charge in [0.2, 0.25) is 5.91 Å². The van der Waals surface area contributed by atoms with Crippen molar-refractivity contribution < 1.29 is 22.7 Å². The number of pyridine rings is 1. The van der Waals surface area contributed by atoms with Crippen molar-refractivity contribution >= 4 is 23.5 Å². The lowest BCUT2D eigenvalue weighted by molar-refractivity contribution is -0.137. The number of halogens is 3. The van der Waals surface area contributed by atoms with Gasteiger partial charge in [-0.05, 0) is 36.4 Å². The van der Waals surface area contributed by atoms with Crippen LogP contribution in [0.15, 0.2) is 47.5 Å². The van der Waals surface area contributed by atoms with E-state index in [1.54, 1.807) is 23.8 Å². The van der Waals surface area contributed by atoms with E-state index in [4.69, 9.17) is 4.74 Å². The molecule has 0 saturated carbocycles. The highest BCUT2D eigenvalue weighted by molar-refractivity contribution is 7.99. The maximum Gasteiger partial charge on any atom is 0.417 e. The minimum absolute atomic E-state index is 0.0889. The largest absolute Gasteiger partial charge is 0.497 e. The molecule has 1 aliphatic heterocycles. The van der Waals surface area contributed by atoms with Crippen molar-refractivity contribution in [2.24, 2.45) is 0 Å². The molecule has 1 fully saturated rings. The summed E-state index contributed by atoms with van der Waals surface area (Å²) in [5, 5.41) is 0. The summed E-state index contributed by atoms with van der Waals surface area (Å²) < 4.78 is 43.0. The molecule has 3 rings (SSSR count). The predicted molar refractivity (Wildman–Crippen MR) is 106 cm³/mol. The lowest BCUT2D eigenvalue weighted by Gasteiger charge is -2.35. The highest BCUT2D eigenvalue weighted by atomic mass is 32.2. The van der Waals surface area contributed by atoms with Crippen LogP contribution in [0.25, 0.3) is 0 Å². The van der Waals surface area contributed by atoms with Gasteiger partial charge >= 0.3 is 6.18 Å². The summed E-state index contributed by atoms with van der Waals surface area (Å²) in [4.78, 5) is 21.1. The Labute approximate surface area is 171 Å². The monoisotopic (exact) mass is 425 g/mol. The first-order valence-corrected chi connectivity index (χ1v) is 10.2. The summed E-state index contributed by atoms with van der Waals surface area (Å²) in [6.07, 6.45) is -3.10. The number of anilines is 1. The van der Waals surface area contributed by atoms with E-state index in [2.05, 4.69) is 4.98 Å². The first kappa shape index (κ1) is 21.3. The molecule has 0 atom stereocenters. The minimum Gasteiger partial charge on any atom is -0.497 e. The van der Waals surface area contributed by atoms with Gasteiger partial charge < -0.3 is 14.5 Å². The Bertz CT molecular complexity index is 805. The lowest BCUT2D eigenvalue weighted by atomic mass is 10.2. The van der Waals surface area contributed by atoms with Crippen LogP contribution in [0.3, 0.4) is 0 Å². The van der Waals surface area contributed by atoms with Crippen molar-refractivity contribution in [3.63, 3.8) is 0 Å². The molecule has 5 nitrogen and oxygen atoms in total. The summed E-state index contributed by atoms with van der Waals surface area (Å²) in [5.41, 5.74) is -0.760. The molecule has 0 N–H and O–H groups in total. The van der Waals surface area contributed by atoms with E-state index in [1.165, 1.54) is 6.07 Å². The van der Waals surface area contributed by atoms with Crippen LogP contribution in [-0.2, 0) is 11.0 Å². The van der Waals surface area contributed by atoms with Gasteiger partial charge in [-0.1, -0.05) is 0 Å². The molecule has 0 radical (unpaired) electrons. The van der Waals surface area contributed by atoms with Crippen molar-refractivity contribution in [2.45, 2.75) is 17.5 Å². The average Bonchev–Trinajstić information content (AvgIpc) is 2.74. The van der Waals surface area contributed by atoms with Crippen LogP contribution in [0.1, 0.15) is 12.0 Å². The van der Waals surface area contributed by atoms with Crippen molar-refractivity contribution in [2.75, 3.05) is 43.9 Å². The van der Waals surface area contributed by atoms with Crippen LogP contribution < -0.4 is 9.64 Å². The van der Waals surface area contributed by atoms with Gasteiger partial charge in [0.15, 0.2) is 0 Å². The third kappa shape index (κ3) is 5.79. The number of rotatable bonds is 6. The first-order chi connectivity index (χ1) is 13.9. The fourth-order valence-electron chi connectivity index (χ4n) is 3.01. The number of hydrogen-bond acceptors (Lipinski definition) is 5. The highest BCUT2D eigenvalue weighted by Gasteiger charge is 2.31. The van der Waals surface area contributed by atoms with Gasteiger partial charge in [0, 0.05) is 49.4 Å². The average molecular weight is 425 g/mol. The number of alkyl halides is 3. The van der Waals surface area contributed by atoms with Gasteiger partial charge in [0.05, 0.1) is 12.7 Å². The van der Waals surface area contributed by atoms with E-state index in [9.17, 15) is 18.0 Å². The summed E-state index contributed by atoms with van der Waals surface area (Å²) in [6.45, 7) is 2.18. The Balaban J connectivity index is 1.43. The zero-order valence-electron chi connectivity index (χ0n) is 16.0. The van der Waals surface area contributed by atoms with Crippen LogP contribution in [-0.4, -0.2) is 54.8 Å². The van der Waals surface area contributed by atoms with Gasteiger partial charge in [0.1, 0.15) is 11.6 Å². The molecular weight excluding hydrogens is 403 g/mol. The van der Waals surface area contributed by atoms with Gasteiger partial charge in [-0.25, -0.2) is 4.98 Å². The maximum atomic E-state index is 12.6. The van der Waals surface area contributed by atoms with Crippen LogP contribution in [0.5, 0.6) is 5.75 Å². The molecule has 1 saturated heterocycles. The molecule has 1 aromatic heterocycles. The third-order valence-corrected chi connectivity index (χ3v) is 5.69. The number of benzene rings is 1. The number of aromatic nitrogens is 1. The Hall–Kier alpha value is -2.42. The predicted octanol–water partition coefficient (Wildman–Crippen LogP) is 3.94.